The molecule has 1 aromatic rings. The molecule has 0 aliphatic carbocycles. The van der Waals surface area contributed by atoms with E-state index < -0.39 is 28.1 Å². The van der Waals surface area contributed by atoms with E-state index in [4.69, 9.17) is 13.7 Å². The van der Waals surface area contributed by atoms with E-state index in [0.717, 1.165) is 12.8 Å². The van der Waals surface area contributed by atoms with Gasteiger partial charge in [-0.05, 0) is 47.3 Å². The summed E-state index contributed by atoms with van der Waals surface area (Å²) in [6, 6.07) is 3.53. The molecule has 0 aromatic carbocycles. The molecule has 0 fully saturated rings. The van der Waals surface area contributed by atoms with E-state index in [2.05, 4.69) is 28.2 Å². The molecule has 0 saturated carbocycles. The molecule has 0 spiro atoms. The molecule has 174 valence electrons. The van der Waals surface area contributed by atoms with Gasteiger partial charge in [-0.3, -0.25) is 4.55 Å². The smallest absolute Gasteiger partial charge is 0.407 e. The molecule has 2 N–H and O–H groups in total. The van der Waals surface area contributed by atoms with Crippen LogP contribution in [0.1, 0.15) is 95.8 Å². The van der Waals surface area contributed by atoms with E-state index in [1.807, 2.05) is 0 Å². The van der Waals surface area contributed by atoms with Crippen molar-refractivity contribution in [1.29, 1.82) is 0 Å². The minimum Gasteiger partial charge on any atom is -0.450 e. The second-order valence-electron chi connectivity index (χ2n) is 7.57. The summed E-state index contributed by atoms with van der Waals surface area (Å²) in [6.45, 7) is 2.33. The molecule has 0 aliphatic heterocycles. The molecule has 30 heavy (non-hydrogen) atoms. The third kappa shape index (κ3) is 14.0. The van der Waals surface area contributed by atoms with Gasteiger partial charge >= 0.3 is 6.09 Å². The zero-order chi connectivity index (χ0) is 22.2. The standard InChI is InChI=1S/C21H36BrNO6S/c1-2-3-4-5-6-7-8-9-10-11-13-18(19-14-15-20(22)28-19)29-21(24)23-16-12-17-30(25,26)27/h14-15,18H,2-13,16-17H2,1H3,(H,23,24)(H,25,26,27). The largest absolute Gasteiger partial charge is 0.450 e. The molecule has 0 bridgehead atoms. The predicted octanol–water partition coefficient (Wildman–Crippen LogP) is 6.40. The SMILES string of the molecule is CCCCCCCCCCCCC(OC(=O)NCCCS(=O)(=O)O)c1ccc(Br)o1. The first kappa shape index (κ1) is 27.0. The summed E-state index contributed by atoms with van der Waals surface area (Å²) in [4.78, 5) is 12.0. The number of nitrogens with one attached hydrogen (secondary N) is 1. The molecule has 1 heterocycles. The van der Waals surface area contributed by atoms with Gasteiger partial charge in [-0.2, -0.15) is 8.42 Å². The van der Waals surface area contributed by atoms with Crippen LogP contribution in [0.2, 0.25) is 0 Å². The van der Waals surface area contributed by atoms with E-state index in [-0.39, 0.29) is 13.0 Å². The Morgan fingerprint density at radius 2 is 1.67 bits per heavy atom. The van der Waals surface area contributed by atoms with E-state index >= 15 is 0 Å². The minimum absolute atomic E-state index is 0.103. The normalized spacial score (nSPS) is 12.6. The van der Waals surface area contributed by atoms with Crippen LogP contribution < -0.4 is 5.32 Å². The quantitative estimate of drug-likeness (QED) is 0.186. The Morgan fingerprint density at radius 3 is 2.20 bits per heavy atom. The number of ether oxygens (including phenoxy) is 1. The zero-order valence-electron chi connectivity index (χ0n) is 17.9. The number of hydrogen-bond donors (Lipinski definition) is 2. The summed E-state index contributed by atoms with van der Waals surface area (Å²) in [6.07, 6.45) is 11.9. The van der Waals surface area contributed by atoms with E-state index in [0.29, 0.717) is 16.9 Å². The summed E-state index contributed by atoms with van der Waals surface area (Å²) in [5, 5.41) is 2.51. The Morgan fingerprint density at radius 1 is 1.07 bits per heavy atom. The first-order chi connectivity index (χ1) is 14.3. The second-order valence-corrected chi connectivity index (χ2v) is 9.93. The molecule has 0 radical (unpaired) electrons. The number of furan rings is 1. The maximum atomic E-state index is 12.0. The number of carbonyl (C=O) groups is 1. The molecule has 1 atom stereocenters. The fraction of sp³-hybridized carbons (Fsp3) is 0.762. The van der Waals surface area contributed by atoms with Gasteiger partial charge in [0.2, 0.25) is 0 Å². The number of alkyl carbamates (subject to hydrolysis) is 1. The number of amides is 1. The molecular formula is C21H36BrNO6S. The number of unbranched alkanes of at least 4 members (excludes halogenated alkanes) is 9. The van der Waals surface area contributed by atoms with Crippen LogP contribution in [0.5, 0.6) is 0 Å². The fourth-order valence-corrected chi connectivity index (χ4v) is 4.02. The molecule has 1 aromatic heterocycles. The highest BCUT2D eigenvalue weighted by Gasteiger charge is 2.20. The van der Waals surface area contributed by atoms with Gasteiger partial charge in [0.15, 0.2) is 10.8 Å². The average molecular weight is 510 g/mol. The van der Waals surface area contributed by atoms with Crippen LogP contribution in [0.15, 0.2) is 21.2 Å². The Bertz CT molecular complexity index is 691. The Hall–Kier alpha value is -1.06. The molecular weight excluding hydrogens is 474 g/mol. The highest BCUT2D eigenvalue weighted by Crippen LogP contribution is 2.28. The predicted molar refractivity (Wildman–Crippen MR) is 121 cm³/mol. The van der Waals surface area contributed by atoms with Crippen LogP contribution >= 0.6 is 15.9 Å². The molecule has 1 amide bonds. The van der Waals surface area contributed by atoms with Crippen molar-refractivity contribution >= 4 is 32.1 Å². The number of carbonyl (C=O) groups excluding carboxylic acids is 1. The number of rotatable bonds is 17. The lowest BCUT2D eigenvalue weighted by Crippen LogP contribution is -2.28. The van der Waals surface area contributed by atoms with Crippen molar-refractivity contribution in [2.75, 3.05) is 12.3 Å². The van der Waals surface area contributed by atoms with Crippen molar-refractivity contribution in [2.45, 2.75) is 90.1 Å². The Balaban J connectivity index is 2.29. The van der Waals surface area contributed by atoms with E-state index in [1.54, 1.807) is 12.1 Å². The maximum Gasteiger partial charge on any atom is 0.407 e. The summed E-state index contributed by atoms with van der Waals surface area (Å²) >= 11 is 3.27. The molecule has 0 aliphatic rings. The lowest BCUT2D eigenvalue weighted by Gasteiger charge is -2.16. The van der Waals surface area contributed by atoms with Gasteiger partial charge in [-0.25, -0.2) is 4.79 Å². The van der Waals surface area contributed by atoms with Crippen LogP contribution in [0.3, 0.4) is 0 Å². The number of hydrogen-bond acceptors (Lipinski definition) is 5. The average Bonchev–Trinajstić information content (AvgIpc) is 3.11. The first-order valence-electron chi connectivity index (χ1n) is 11.0. The van der Waals surface area contributed by atoms with Crippen molar-refractivity contribution in [3.05, 3.63) is 22.6 Å². The van der Waals surface area contributed by atoms with Crippen molar-refractivity contribution in [1.82, 2.24) is 5.32 Å². The van der Waals surface area contributed by atoms with Gasteiger partial charge in [0.1, 0.15) is 5.76 Å². The topological polar surface area (TPSA) is 106 Å². The second kappa shape index (κ2) is 15.7. The lowest BCUT2D eigenvalue weighted by molar-refractivity contribution is 0.0772. The van der Waals surface area contributed by atoms with Gasteiger partial charge in [-0.15, -0.1) is 0 Å². The molecule has 1 rings (SSSR count). The van der Waals surface area contributed by atoms with Crippen LogP contribution in [0, 0.1) is 0 Å². The molecule has 9 heteroatoms. The van der Waals surface area contributed by atoms with Gasteiger partial charge in [0.05, 0.1) is 5.75 Å². The van der Waals surface area contributed by atoms with E-state index in [1.165, 1.54) is 51.4 Å². The maximum absolute atomic E-state index is 12.0. The Labute approximate surface area is 189 Å². The van der Waals surface area contributed by atoms with Crippen molar-refractivity contribution in [3.63, 3.8) is 0 Å². The van der Waals surface area contributed by atoms with Crippen molar-refractivity contribution in [2.24, 2.45) is 0 Å². The number of halogens is 1. The van der Waals surface area contributed by atoms with Crippen LogP contribution in [0.4, 0.5) is 4.79 Å². The van der Waals surface area contributed by atoms with E-state index in [9.17, 15) is 13.2 Å². The van der Waals surface area contributed by atoms with Gasteiger partial charge < -0.3 is 14.5 Å². The minimum atomic E-state index is -4.03. The lowest BCUT2D eigenvalue weighted by atomic mass is 10.0. The van der Waals surface area contributed by atoms with Gasteiger partial charge in [-0.1, -0.05) is 64.7 Å². The van der Waals surface area contributed by atoms with Crippen LogP contribution in [-0.4, -0.2) is 31.4 Å². The summed E-state index contributed by atoms with van der Waals surface area (Å²) in [5.41, 5.74) is 0. The monoisotopic (exact) mass is 509 g/mol. The highest BCUT2D eigenvalue weighted by atomic mass is 79.9. The van der Waals surface area contributed by atoms with Gasteiger partial charge in [0.25, 0.3) is 10.1 Å². The highest BCUT2D eigenvalue weighted by molar-refractivity contribution is 9.10. The summed E-state index contributed by atoms with van der Waals surface area (Å²) in [5.74, 6) is 0.173. The van der Waals surface area contributed by atoms with Gasteiger partial charge in [0, 0.05) is 6.54 Å². The fourth-order valence-electron chi connectivity index (χ4n) is 3.19. The summed E-state index contributed by atoms with van der Waals surface area (Å²) in [7, 11) is -4.03. The molecule has 1 unspecified atom stereocenters. The van der Waals surface area contributed by atoms with Crippen LogP contribution in [-0.2, 0) is 14.9 Å². The third-order valence-corrected chi connectivity index (χ3v) is 6.06. The summed E-state index contributed by atoms with van der Waals surface area (Å²) < 4.78 is 41.7. The third-order valence-electron chi connectivity index (χ3n) is 4.83. The Kier molecular flexibility index (Phi) is 14.1. The molecule has 7 nitrogen and oxygen atoms in total. The zero-order valence-corrected chi connectivity index (χ0v) is 20.3. The van der Waals surface area contributed by atoms with Crippen molar-refractivity contribution < 1.29 is 26.9 Å². The van der Waals surface area contributed by atoms with Crippen molar-refractivity contribution in [3.8, 4) is 0 Å². The van der Waals surface area contributed by atoms with Crippen LogP contribution in [0.25, 0.3) is 0 Å². The first-order valence-corrected chi connectivity index (χ1v) is 13.4. The molecule has 0 saturated heterocycles.